The molecule has 1 aromatic heterocycles. The minimum Gasteiger partial charge on any atom is -0.375 e. The maximum Gasteiger partial charge on any atom is 0.416 e. The second-order valence-electron chi connectivity index (χ2n) is 4.54. The van der Waals surface area contributed by atoms with Crippen LogP contribution < -0.4 is 11.2 Å². The van der Waals surface area contributed by atoms with Crippen LogP contribution in [0.15, 0.2) is 29.4 Å². The molecule has 0 aliphatic carbocycles. The molecule has 0 atom stereocenters. The Hall–Kier alpha value is -2.56. The highest BCUT2D eigenvalue weighted by molar-refractivity contribution is 7.80. The fraction of sp³-hybridized carbons (Fsp3) is 0.250. The zero-order valence-corrected chi connectivity index (χ0v) is 12.7. The number of hydrogen-bond donors (Lipinski definition) is 2. The Morgan fingerprint density at radius 2 is 2.00 bits per heavy atom. The van der Waals surface area contributed by atoms with Crippen LogP contribution in [0.5, 0.6) is 0 Å². The van der Waals surface area contributed by atoms with Gasteiger partial charge in [-0.3, -0.25) is 5.43 Å². The molecule has 7 nitrogen and oxygen atoms in total. The van der Waals surface area contributed by atoms with E-state index in [2.05, 4.69) is 38.2 Å². The van der Waals surface area contributed by atoms with Crippen molar-refractivity contribution in [3.63, 3.8) is 0 Å². The molecule has 3 N–H and O–H groups in total. The smallest absolute Gasteiger partial charge is 0.375 e. The molecule has 2 rings (SSSR count). The summed E-state index contributed by atoms with van der Waals surface area (Å²) in [6, 6.07) is 4.52. The standard InChI is InChI=1S/C12H12F3N7S/c1-7(17-19-11(16)23)6-22-20-10(18-21-22)8-2-4-9(5-3-8)12(13,14)15/h2-5H,6H2,1H3,(H3,16,19,23). The highest BCUT2D eigenvalue weighted by Gasteiger charge is 2.30. The molecule has 2 aromatic rings. The molecule has 0 aliphatic rings. The zero-order chi connectivity index (χ0) is 17.0. The second kappa shape index (κ2) is 6.69. The van der Waals surface area contributed by atoms with E-state index in [0.29, 0.717) is 11.3 Å². The van der Waals surface area contributed by atoms with Gasteiger partial charge < -0.3 is 5.73 Å². The van der Waals surface area contributed by atoms with Crippen molar-refractivity contribution < 1.29 is 13.2 Å². The molecule has 0 saturated heterocycles. The van der Waals surface area contributed by atoms with E-state index in [1.54, 1.807) is 6.92 Å². The third-order valence-corrected chi connectivity index (χ3v) is 2.74. The number of nitrogens with two attached hydrogens (primary N) is 1. The van der Waals surface area contributed by atoms with E-state index in [1.165, 1.54) is 16.9 Å². The number of hydrogen-bond acceptors (Lipinski definition) is 5. The number of nitrogens with zero attached hydrogens (tertiary/aromatic N) is 5. The van der Waals surface area contributed by atoms with Crippen molar-refractivity contribution in [1.82, 2.24) is 25.6 Å². The molecule has 122 valence electrons. The van der Waals surface area contributed by atoms with E-state index in [9.17, 15) is 13.2 Å². The third-order valence-electron chi connectivity index (χ3n) is 2.65. The van der Waals surface area contributed by atoms with Gasteiger partial charge in [0.25, 0.3) is 0 Å². The van der Waals surface area contributed by atoms with Gasteiger partial charge in [0, 0.05) is 5.56 Å². The molecular weight excluding hydrogens is 331 g/mol. The van der Waals surface area contributed by atoms with Crippen molar-refractivity contribution in [2.24, 2.45) is 10.8 Å². The molecule has 0 saturated carbocycles. The summed E-state index contributed by atoms with van der Waals surface area (Å²) in [5.74, 6) is 0.217. The molecule has 0 spiro atoms. The number of halogens is 3. The van der Waals surface area contributed by atoms with Gasteiger partial charge in [-0.25, -0.2) is 0 Å². The van der Waals surface area contributed by atoms with Gasteiger partial charge in [-0.2, -0.15) is 23.1 Å². The summed E-state index contributed by atoms with van der Waals surface area (Å²) in [7, 11) is 0. The van der Waals surface area contributed by atoms with Crippen LogP contribution in [0.1, 0.15) is 12.5 Å². The maximum absolute atomic E-state index is 12.5. The summed E-state index contributed by atoms with van der Waals surface area (Å²) in [5, 5.41) is 15.6. The first-order valence-corrected chi connectivity index (χ1v) is 6.70. The monoisotopic (exact) mass is 343 g/mol. The van der Waals surface area contributed by atoms with Crippen molar-refractivity contribution in [3.8, 4) is 11.4 Å². The van der Waals surface area contributed by atoms with Crippen LogP contribution in [-0.2, 0) is 12.7 Å². The molecule has 0 bridgehead atoms. The summed E-state index contributed by atoms with van der Waals surface area (Å²) in [4.78, 5) is 1.26. The number of aromatic nitrogens is 4. The average Bonchev–Trinajstić information content (AvgIpc) is 2.93. The van der Waals surface area contributed by atoms with Gasteiger partial charge in [-0.1, -0.05) is 12.1 Å². The molecule has 1 aromatic carbocycles. The lowest BCUT2D eigenvalue weighted by atomic mass is 10.1. The molecule has 23 heavy (non-hydrogen) atoms. The number of nitrogens with one attached hydrogen (secondary N) is 1. The third kappa shape index (κ3) is 4.71. The highest BCUT2D eigenvalue weighted by atomic mass is 32.1. The van der Waals surface area contributed by atoms with Gasteiger partial charge in [-0.05, 0) is 36.5 Å². The summed E-state index contributed by atoms with van der Waals surface area (Å²) in [6.07, 6.45) is -4.38. The molecule has 0 aliphatic heterocycles. The Labute approximate surface area is 134 Å². The van der Waals surface area contributed by atoms with Gasteiger partial charge in [0.1, 0.15) is 6.54 Å². The van der Waals surface area contributed by atoms with Crippen LogP contribution >= 0.6 is 12.2 Å². The summed E-state index contributed by atoms with van der Waals surface area (Å²) in [5.41, 5.74) is 7.95. The first-order chi connectivity index (χ1) is 10.8. The van der Waals surface area contributed by atoms with Crippen LogP contribution in [0.25, 0.3) is 11.4 Å². The fourth-order valence-electron chi connectivity index (χ4n) is 1.62. The van der Waals surface area contributed by atoms with Gasteiger partial charge in [0.15, 0.2) is 5.11 Å². The van der Waals surface area contributed by atoms with Crippen LogP contribution in [0.2, 0.25) is 0 Å². The van der Waals surface area contributed by atoms with Crippen molar-refractivity contribution >= 4 is 23.0 Å². The Balaban J connectivity index is 2.10. The van der Waals surface area contributed by atoms with Gasteiger partial charge >= 0.3 is 6.18 Å². The number of thiocarbonyl (C=S) groups is 1. The molecule has 0 fully saturated rings. The predicted molar refractivity (Wildman–Crippen MR) is 81.3 cm³/mol. The molecule has 1 heterocycles. The van der Waals surface area contributed by atoms with Crippen LogP contribution in [0.3, 0.4) is 0 Å². The minimum atomic E-state index is -4.38. The quantitative estimate of drug-likeness (QED) is 0.497. The van der Waals surface area contributed by atoms with E-state index in [1.807, 2.05) is 0 Å². The second-order valence-corrected chi connectivity index (χ2v) is 4.98. The van der Waals surface area contributed by atoms with Crippen molar-refractivity contribution in [1.29, 1.82) is 0 Å². The molecule has 0 amide bonds. The van der Waals surface area contributed by atoms with Crippen LogP contribution in [-0.4, -0.2) is 31.0 Å². The summed E-state index contributed by atoms with van der Waals surface area (Å²) in [6.45, 7) is 1.93. The Bertz CT molecular complexity index is 721. The van der Waals surface area contributed by atoms with Crippen molar-refractivity contribution in [2.45, 2.75) is 19.6 Å². The number of rotatable bonds is 4. The van der Waals surface area contributed by atoms with Gasteiger partial charge in [0.2, 0.25) is 5.82 Å². The largest absolute Gasteiger partial charge is 0.416 e. The molecule has 0 radical (unpaired) electrons. The predicted octanol–water partition coefficient (Wildman–Crippen LogP) is 1.57. The van der Waals surface area contributed by atoms with Crippen molar-refractivity contribution in [3.05, 3.63) is 29.8 Å². The maximum atomic E-state index is 12.5. The SMILES string of the molecule is CC(Cn1nnc(-c2ccc(C(F)(F)F)cc2)n1)=NNC(N)=S. The van der Waals surface area contributed by atoms with Crippen molar-refractivity contribution in [2.75, 3.05) is 0 Å². The van der Waals surface area contributed by atoms with Gasteiger partial charge in [0.05, 0.1) is 11.3 Å². The normalized spacial score (nSPS) is 12.3. The molecule has 11 heteroatoms. The van der Waals surface area contributed by atoms with Crippen LogP contribution in [0.4, 0.5) is 13.2 Å². The zero-order valence-electron chi connectivity index (χ0n) is 11.9. The lowest BCUT2D eigenvalue weighted by Crippen LogP contribution is -2.26. The lowest BCUT2D eigenvalue weighted by molar-refractivity contribution is -0.137. The number of hydrazone groups is 1. The van der Waals surface area contributed by atoms with E-state index in [-0.39, 0.29) is 17.5 Å². The van der Waals surface area contributed by atoms with E-state index >= 15 is 0 Å². The number of benzene rings is 1. The Morgan fingerprint density at radius 3 is 2.57 bits per heavy atom. The number of tetrazole rings is 1. The summed E-state index contributed by atoms with van der Waals surface area (Å²) < 4.78 is 37.5. The number of alkyl halides is 3. The first kappa shape index (κ1) is 16.8. The van der Waals surface area contributed by atoms with E-state index in [4.69, 9.17) is 5.73 Å². The van der Waals surface area contributed by atoms with E-state index < -0.39 is 11.7 Å². The van der Waals surface area contributed by atoms with E-state index in [0.717, 1.165) is 12.1 Å². The van der Waals surface area contributed by atoms with Crippen LogP contribution in [0, 0.1) is 0 Å². The van der Waals surface area contributed by atoms with Gasteiger partial charge in [-0.15, -0.1) is 10.2 Å². The first-order valence-electron chi connectivity index (χ1n) is 6.30. The Morgan fingerprint density at radius 1 is 1.35 bits per heavy atom. The highest BCUT2D eigenvalue weighted by Crippen LogP contribution is 2.30. The Kier molecular flexibility index (Phi) is 4.89. The summed E-state index contributed by atoms with van der Waals surface area (Å²) >= 11 is 4.61. The fourth-order valence-corrected chi connectivity index (χ4v) is 1.67. The molecular formula is C12H12F3N7S. The average molecular weight is 343 g/mol. The molecule has 0 unspecified atom stereocenters. The topological polar surface area (TPSA) is 94.0 Å². The lowest BCUT2D eigenvalue weighted by Gasteiger charge is -2.05. The minimum absolute atomic E-state index is 0.0290.